The number of hydrogen-bond donors (Lipinski definition) is 0. The standard InChI is InChI=1S/C30H33ClF3N3O5S/c1-4-22-20(16-19-10-13-37(14-11-19)15-12-26(38)41-42-29(39)30(32,33)34)6-5-7-23(22)27-35-28(43-36-27)21-8-9-25(24(31)17-21)40-18(2)3/h5-9,17-19H,4,10-16H2,1-3H3. The molecule has 0 unspecified atom stereocenters. The second-order valence-corrected chi connectivity index (χ2v) is 11.8. The molecule has 0 N–H and O–H groups in total. The fourth-order valence-electron chi connectivity index (χ4n) is 5.03. The Kier molecular flexibility index (Phi) is 11.0. The van der Waals surface area contributed by atoms with Crippen LogP contribution in [0.25, 0.3) is 22.0 Å². The van der Waals surface area contributed by atoms with E-state index < -0.39 is 18.1 Å². The Morgan fingerprint density at radius 2 is 1.88 bits per heavy atom. The fourth-order valence-corrected chi connectivity index (χ4v) is 5.93. The van der Waals surface area contributed by atoms with Gasteiger partial charge in [-0.25, -0.2) is 24.3 Å². The number of alkyl halides is 3. The second kappa shape index (κ2) is 14.5. The summed E-state index contributed by atoms with van der Waals surface area (Å²) >= 11 is 7.77. The van der Waals surface area contributed by atoms with Gasteiger partial charge in [0, 0.05) is 17.7 Å². The van der Waals surface area contributed by atoms with E-state index in [1.165, 1.54) is 22.7 Å². The van der Waals surface area contributed by atoms with Gasteiger partial charge in [-0.2, -0.15) is 17.5 Å². The average molecular weight is 640 g/mol. The van der Waals surface area contributed by atoms with Crippen LogP contribution < -0.4 is 4.74 Å². The largest absolute Gasteiger partial charge is 0.495 e. The van der Waals surface area contributed by atoms with E-state index in [2.05, 4.69) is 38.1 Å². The van der Waals surface area contributed by atoms with Crippen LogP contribution in [-0.2, 0) is 32.2 Å². The van der Waals surface area contributed by atoms with Gasteiger partial charge in [0.2, 0.25) is 0 Å². The van der Waals surface area contributed by atoms with Gasteiger partial charge in [0.05, 0.1) is 17.5 Å². The minimum Gasteiger partial charge on any atom is -0.489 e. The highest BCUT2D eigenvalue weighted by Gasteiger charge is 2.43. The van der Waals surface area contributed by atoms with Crippen molar-refractivity contribution in [3.05, 3.63) is 52.5 Å². The molecule has 8 nitrogen and oxygen atoms in total. The topological polar surface area (TPSA) is 90.9 Å². The number of aromatic nitrogens is 2. The molecule has 1 aliphatic rings. The third-order valence-electron chi connectivity index (χ3n) is 7.12. The van der Waals surface area contributed by atoms with Crippen molar-refractivity contribution in [1.29, 1.82) is 0 Å². The minimum atomic E-state index is -5.22. The quantitative estimate of drug-likeness (QED) is 0.172. The van der Waals surface area contributed by atoms with E-state index in [0.29, 0.717) is 29.1 Å². The molecular weight excluding hydrogens is 607 g/mol. The number of ether oxygens (including phenoxy) is 1. The van der Waals surface area contributed by atoms with Gasteiger partial charge in [0.25, 0.3) is 0 Å². The molecule has 2 aromatic carbocycles. The van der Waals surface area contributed by atoms with E-state index in [4.69, 9.17) is 21.3 Å². The van der Waals surface area contributed by atoms with E-state index >= 15 is 0 Å². The van der Waals surface area contributed by atoms with Crippen LogP contribution in [0, 0.1) is 5.92 Å². The second-order valence-electron chi connectivity index (χ2n) is 10.6. The highest BCUT2D eigenvalue weighted by Crippen LogP contribution is 2.35. The van der Waals surface area contributed by atoms with Crippen LogP contribution in [0.4, 0.5) is 13.2 Å². The summed E-state index contributed by atoms with van der Waals surface area (Å²) in [6, 6.07) is 11.9. The van der Waals surface area contributed by atoms with Crippen LogP contribution in [0.2, 0.25) is 5.02 Å². The Hall–Kier alpha value is -3.22. The zero-order valence-corrected chi connectivity index (χ0v) is 25.7. The molecule has 1 aromatic heterocycles. The number of piperidine rings is 1. The maximum Gasteiger partial charge on any atom is 0.495 e. The minimum absolute atomic E-state index is 0.0197. The molecule has 3 aromatic rings. The summed E-state index contributed by atoms with van der Waals surface area (Å²) in [5, 5.41) is 1.30. The number of nitrogens with zero attached hydrogens (tertiary/aromatic N) is 3. The molecule has 0 saturated carbocycles. The molecule has 4 rings (SSSR count). The Balaban J connectivity index is 1.33. The molecule has 0 bridgehead atoms. The molecule has 1 saturated heterocycles. The molecule has 43 heavy (non-hydrogen) atoms. The molecular formula is C30H33ClF3N3O5S. The molecule has 0 atom stereocenters. The lowest BCUT2D eigenvalue weighted by atomic mass is 9.86. The molecule has 1 aliphatic heterocycles. The number of likely N-dealkylation sites (tertiary alicyclic amines) is 1. The number of carbonyl (C=O) groups excluding carboxylic acids is 2. The Bertz CT molecular complexity index is 1420. The van der Waals surface area contributed by atoms with Crippen molar-refractivity contribution in [1.82, 2.24) is 14.3 Å². The van der Waals surface area contributed by atoms with Gasteiger partial charge in [-0.1, -0.05) is 36.7 Å². The Morgan fingerprint density at radius 3 is 2.53 bits per heavy atom. The highest BCUT2D eigenvalue weighted by molar-refractivity contribution is 7.09. The average Bonchev–Trinajstić information content (AvgIpc) is 3.46. The summed E-state index contributed by atoms with van der Waals surface area (Å²) in [7, 11) is 0. The van der Waals surface area contributed by atoms with Crippen molar-refractivity contribution in [3.8, 4) is 27.7 Å². The maximum absolute atomic E-state index is 12.2. The van der Waals surface area contributed by atoms with Crippen molar-refractivity contribution in [3.63, 3.8) is 0 Å². The van der Waals surface area contributed by atoms with Crippen LogP contribution >= 0.6 is 23.1 Å². The molecule has 232 valence electrons. The van der Waals surface area contributed by atoms with Crippen molar-refractivity contribution < 1.29 is 37.3 Å². The van der Waals surface area contributed by atoms with Gasteiger partial charge in [0.15, 0.2) is 5.82 Å². The van der Waals surface area contributed by atoms with E-state index in [-0.39, 0.29) is 12.5 Å². The highest BCUT2D eigenvalue weighted by atomic mass is 35.5. The van der Waals surface area contributed by atoms with E-state index in [1.54, 1.807) is 0 Å². The summed E-state index contributed by atoms with van der Waals surface area (Å²) in [5.41, 5.74) is 4.35. The molecule has 0 amide bonds. The van der Waals surface area contributed by atoms with Gasteiger partial charge < -0.3 is 9.64 Å². The van der Waals surface area contributed by atoms with Gasteiger partial charge in [0.1, 0.15) is 10.8 Å². The number of hydrogen-bond acceptors (Lipinski definition) is 9. The van der Waals surface area contributed by atoms with E-state index in [9.17, 15) is 22.8 Å². The van der Waals surface area contributed by atoms with Gasteiger partial charge >= 0.3 is 18.1 Å². The van der Waals surface area contributed by atoms with E-state index in [1.807, 2.05) is 38.1 Å². The van der Waals surface area contributed by atoms with Crippen LogP contribution in [0.3, 0.4) is 0 Å². The van der Waals surface area contributed by atoms with Crippen molar-refractivity contribution in [2.24, 2.45) is 5.92 Å². The molecule has 0 radical (unpaired) electrons. The molecule has 13 heteroatoms. The van der Waals surface area contributed by atoms with Crippen LogP contribution in [0.5, 0.6) is 5.75 Å². The number of rotatable bonds is 10. The molecule has 1 fully saturated rings. The first-order chi connectivity index (χ1) is 20.4. The van der Waals surface area contributed by atoms with Gasteiger partial charge in [-0.15, -0.1) is 0 Å². The summed E-state index contributed by atoms with van der Waals surface area (Å²) in [6.45, 7) is 7.80. The smallest absolute Gasteiger partial charge is 0.489 e. The third-order valence-corrected chi connectivity index (χ3v) is 8.18. The molecule has 0 spiro atoms. The summed E-state index contributed by atoms with van der Waals surface area (Å²) in [5.74, 6) is -1.84. The van der Waals surface area contributed by atoms with Crippen LogP contribution in [0.15, 0.2) is 36.4 Å². The maximum atomic E-state index is 12.2. The molecule has 0 aliphatic carbocycles. The van der Waals surface area contributed by atoms with Gasteiger partial charge in [-0.05, 0) is 99.4 Å². The van der Waals surface area contributed by atoms with Crippen molar-refractivity contribution >= 4 is 35.1 Å². The fraction of sp³-hybridized carbons (Fsp3) is 0.467. The first kappa shape index (κ1) is 32.7. The third kappa shape index (κ3) is 8.90. The van der Waals surface area contributed by atoms with Crippen LogP contribution in [0.1, 0.15) is 51.2 Å². The lowest BCUT2D eigenvalue weighted by Crippen LogP contribution is -2.36. The number of halogens is 4. The summed E-state index contributed by atoms with van der Waals surface area (Å²) < 4.78 is 46.9. The molecule has 2 heterocycles. The van der Waals surface area contributed by atoms with Gasteiger partial charge in [-0.3, -0.25) is 0 Å². The Labute approximate surface area is 257 Å². The monoisotopic (exact) mass is 639 g/mol. The zero-order chi connectivity index (χ0) is 31.1. The Morgan fingerprint density at radius 1 is 1.14 bits per heavy atom. The SMILES string of the molecule is CCc1c(CC2CCN(CCC(=O)OOC(=O)C(F)(F)F)CC2)cccc1-c1nsc(-c2ccc(OC(C)C)c(Cl)c2)n1. The summed E-state index contributed by atoms with van der Waals surface area (Å²) in [4.78, 5) is 36.8. The van der Waals surface area contributed by atoms with E-state index in [0.717, 1.165) is 54.9 Å². The lowest BCUT2D eigenvalue weighted by molar-refractivity contribution is -0.285. The summed E-state index contributed by atoms with van der Waals surface area (Å²) in [6.07, 6.45) is -1.85. The number of benzene rings is 2. The van der Waals surface area contributed by atoms with Crippen molar-refractivity contribution in [2.45, 2.75) is 65.2 Å². The predicted octanol–water partition coefficient (Wildman–Crippen LogP) is 7.08. The lowest BCUT2D eigenvalue weighted by Gasteiger charge is -2.32. The van der Waals surface area contributed by atoms with Crippen LogP contribution in [-0.4, -0.2) is 58.1 Å². The first-order valence-electron chi connectivity index (χ1n) is 14.1. The zero-order valence-electron chi connectivity index (χ0n) is 24.1. The normalized spacial score (nSPS) is 14.6. The number of carbonyl (C=O) groups is 2. The predicted molar refractivity (Wildman–Crippen MR) is 157 cm³/mol. The van der Waals surface area contributed by atoms with Crippen molar-refractivity contribution in [2.75, 3.05) is 19.6 Å². The first-order valence-corrected chi connectivity index (χ1v) is 15.2.